The molecule has 0 aliphatic carbocycles. The lowest BCUT2D eigenvalue weighted by Gasteiger charge is -2.27. The number of para-hydroxylation sites is 1. The average Bonchev–Trinajstić information content (AvgIpc) is 3.43. The first-order valence-corrected chi connectivity index (χ1v) is 13.0. The molecule has 0 saturated carbocycles. The standard InChI is InChI=1S/C30H29N5O3S/c1-19-17-24(20(2)35(19)23-14-12-21(13-15-23)29(37)38-3)28-27(25-11-7-8-16-31-25)33-30(39)34(28)18-26(36)32-22-9-5-4-6-10-22/h4-17,27-28H,18H2,1-3H3,(H,32,36)(H,33,39)/t27-,28-/m1/s1. The number of carbonyl (C=O) groups excluding carboxylic acids is 2. The quantitative estimate of drug-likeness (QED) is 0.255. The van der Waals surface area contributed by atoms with E-state index in [4.69, 9.17) is 17.0 Å². The largest absolute Gasteiger partial charge is 0.465 e. The lowest BCUT2D eigenvalue weighted by molar-refractivity contribution is -0.116. The Balaban J connectivity index is 1.52. The van der Waals surface area contributed by atoms with Crippen LogP contribution in [0.2, 0.25) is 0 Å². The number of hydrogen-bond acceptors (Lipinski definition) is 5. The Morgan fingerprint density at radius 1 is 1.03 bits per heavy atom. The number of pyridine rings is 1. The van der Waals surface area contributed by atoms with Gasteiger partial charge in [-0.15, -0.1) is 0 Å². The van der Waals surface area contributed by atoms with Crippen molar-refractivity contribution in [3.05, 3.63) is 113 Å². The van der Waals surface area contributed by atoms with Crippen LogP contribution in [0.15, 0.2) is 85.1 Å². The van der Waals surface area contributed by atoms with Crippen molar-refractivity contribution in [3.8, 4) is 5.69 Å². The van der Waals surface area contributed by atoms with Gasteiger partial charge in [-0.05, 0) is 86.2 Å². The molecular formula is C30H29N5O3S. The number of nitrogens with zero attached hydrogens (tertiary/aromatic N) is 3. The number of aryl methyl sites for hydroxylation is 1. The summed E-state index contributed by atoms with van der Waals surface area (Å²) in [7, 11) is 1.37. The van der Waals surface area contributed by atoms with Crippen molar-refractivity contribution >= 4 is 34.9 Å². The van der Waals surface area contributed by atoms with Crippen LogP contribution in [0.4, 0.5) is 5.69 Å². The predicted octanol–water partition coefficient (Wildman–Crippen LogP) is 4.89. The van der Waals surface area contributed by atoms with Gasteiger partial charge < -0.3 is 24.8 Å². The number of carbonyl (C=O) groups is 2. The number of nitrogens with one attached hydrogen (secondary N) is 2. The first-order chi connectivity index (χ1) is 18.9. The van der Waals surface area contributed by atoms with Crippen molar-refractivity contribution in [3.63, 3.8) is 0 Å². The summed E-state index contributed by atoms with van der Waals surface area (Å²) < 4.78 is 6.97. The van der Waals surface area contributed by atoms with E-state index in [1.807, 2.05) is 72.5 Å². The molecule has 0 radical (unpaired) electrons. The van der Waals surface area contributed by atoms with Gasteiger partial charge in [0, 0.05) is 29.0 Å². The lowest BCUT2D eigenvalue weighted by atomic mass is 9.96. The molecule has 1 fully saturated rings. The number of methoxy groups -OCH3 is 1. The molecule has 2 N–H and O–H groups in total. The number of anilines is 1. The van der Waals surface area contributed by atoms with E-state index in [2.05, 4.69) is 33.2 Å². The summed E-state index contributed by atoms with van der Waals surface area (Å²) in [5.41, 5.74) is 6.01. The highest BCUT2D eigenvalue weighted by atomic mass is 32.1. The van der Waals surface area contributed by atoms with Crippen molar-refractivity contribution in [1.82, 2.24) is 19.8 Å². The van der Waals surface area contributed by atoms with Crippen LogP contribution in [0.3, 0.4) is 0 Å². The highest BCUT2D eigenvalue weighted by molar-refractivity contribution is 7.80. The highest BCUT2D eigenvalue weighted by Gasteiger charge is 2.42. The van der Waals surface area contributed by atoms with Gasteiger partial charge >= 0.3 is 5.97 Å². The molecule has 198 valence electrons. The van der Waals surface area contributed by atoms with E-state index < -0.39 is 0 Å². The molecule has 9 heteroatoms. The minimum Gasteiger partial charge on any atom is -0.465 e. The maximum absolute atomic E-state index is 13.1. The molecule has 39 heavy (non-hydrogen) atoms. The topological polar surface area (TPSA) is 88.5 Å². The smallest absolute Gasteiger partial charge is 0.337 e. The number of hydrogen-bond donors (Lipinski definition) is 2. The van der Waals surface area contributed by atoms with Crippen molar-refractivity contribution in [1.29, 1.82) is 0 Å². The third kappa shape index (κ3) is 5.26. The second kappa shape index (κ2) is 11.1. The van der Waals surface area contributed by atoms with Crippen LogP contribution >= 0.6 is 12.2 Å². The van der Waals surface area contributed by atoms with E-state index in [9.17, 15) is 9.59 Å². The van der Waals surface area contributed by atoms with Crippen LogP contribution in [-0.4, -0.2) is 45.1 Å². The van der Waals surface area contributed by atoms with Gasteiger partial charge in [0.1, 0.15) is 6.54 Å². The first kappa shape index (κ1) is 26.1. The number of benzene rings is 2. The average molecular weight is 540 g/mol. The summed E-state index contributed by atoms with van der Waals surface area (Å²) in [5.74, 6) is -0.541. The molecule has 0 bridgehead atoms. The number of esters is 1. The molecule has 1 aliphatic rings. The summed E-state index contributed by atoms with van der Waals surface area (Å²) in [6.45, 7) is 4.16. The van der Waals surface area contributed by atoms with Gasteiger partial charge in [0.2, 0.25) is 5.91 Å². The number of thiocarbonyl (C=S) groups is 1. The summed E-state index contributed by atoms with van der Waals surface area (Å²) in [4.78, 5) is 31.6. The first-order valence-electron chi connectivity index (χ1n) is 12.6. The molecule has 1 saturated heterocycles. The van der Waals surface area contributed by atoms with Gasteiger partial charge in [-0.3, -0.25) is 9.78 Å². The van der Waals surface area contributed by atoms with Gasteiger partial charge in [0.25, 0.3) is 0 Å². The molecule has 0 unspecified atom stereocenters. The number of amides is 1. The fraction of sp³-hybridized carbons (Fsp3) is 0.200. The molecule has 5 rings (SSSR count). The van der Waals surface area contributed by atoms with E-state index in [0.29, 0.717) is 10.7 Å². The third-order valence-electron chi connectivity index (χ3n) is 6.90. The molecule has 1 aliphatic heterocycles. The lowest BCUT2D eigenvalue weighted by Crippen LogP contribution is -2.37. The van der Waals surface area contributed by atoms with E-state index in [1.165, 1.54) is 7.11 Å². The van der Waals surface area contributed by atoms with Gasteiger partial charge in [-0.25, -0.2) is 4.79 Å². The van der Waals surface area contributed by atoms with Crippen LogP contribution < -0.4 is 10.6 Å². The highest BCUT2D eigenvalue weighted by Crippen LogP contribution is 2.41. The molecule has 8 nitrogen and oxygen atoms in total. The Bertz CT molecular complexity index is 1500. The predicted molar refractivity (Wildman–Crippen MR) is 154 cm³/mol. The zero-order valence-electron chi connectivity index (χ0n) is 21.9. The molecule has 2 aromatic heterocycles. The second-order valence-electron chi connectivity index (χ2n) is 9.37. The minimum atomic E-state index is -0.378. The van der Waals surface area contributed by atoms with E-state index in [-0.39, 0.29) is 30.5 Å². The second-order valence-corrected chi connectivity index (χ2v) is 9.76. The number of rotatable bonds is 7. The minimum absolute atomic E-state index is 0.0756. The number of aromatic nitrogens is 2. The van der Waals surface area contributed by atoms with Crippen LogP contribution in [0, 0.1) is 13.8 Å². The zero-order chi connectivity index (χ0) is 27.5. The van der Waals surface area contributed by atoms with Crippen molar-refractivity contribution in [2.45, 2.75) is 25.9 Å². The molecule has 2 aromatic carbocycles. The van der Waals surface area contributed by atoms with Crippen molar-refractivity contribution < 1.29 is 14.3 Å². The molecule has 4 aromatic rings. The Morgan fingerprint density at radius 3 is 2.41 bits per heavy atom. The fourth-order valence-corrected chi connectivity index (χ4v) is 5.44. The van der Waals surface area contributed by atoms with E-state index in [0.717, 1.165) is 34.0 Å². The van der Waals surface area contributed by atoms with E-state index >= 15 is 0 Å². The zero-order valence-corrected chi connectivity index (χ0v) is 22.7. The normalized spacial score (nSPS) is 16.6. The Labute approximate surface area is 232 Å². The molecule has 2 atom stereocenters. The van der Waals surface area contributed by atoms with Gasteiger partial charge in [-0.2, -0.15) is 0 Å². The molecule has 3 heterocycles. The van der Waals surface area contributed by atoms with Gasteiger partial charge in [0.05, 0.1) is 30.5 Å². The maximum atomic E-state index is 13.1. The van der Waals surface area contributed by atoms with Crippen LogP contribution in [0.25, 0.3) is 5.69 Å². The SMILES string of the molecule is COC(=O)c1ccc(-n2c(C)cc([C@@H]3[C@@H](c4ccccn4)NC(=S)N3CC(=O)Nc3ccccc3)c2C)cc1. The van der Waals surface area contributed by atoms with Crippen LogP contribution in [0.5, 0.6) is 0 Å². The summed E-state index contributed by atoms with van der Waals surface area (Å²) >= 11 is 5.76. The van der Waals surface area contributed by atoms with E-state index in [1.54, 1.807) is 18.3 Å². The van der Waals surface area contributed by atoms with Crippen LogP contribution in [-0.2, 0) is 9.53 Å². The summed E-state index contributed by atoms with van der Waals surface area (Å²) in [6, 6.07) is 24.1. The maximum Gasteiger partial charge on any atom is 0.337 e. The van der Waals surface area contributed by atoms with Crippen molar-refractivity contribution in [2.24, 2.45) is 0 Å². The summed E-state index contributed by atoms with van der Waals surface area (Å²) in [5, 5.41) is 6.87. The Kier molecular flexibility index (Phi) is 7.42. The number of ether oxygens (including phenoxy) is 1. The van der Waals surface area contributed by atoms with Crippen LogP contribution in [0.1, 0.15) is 45.1 Å². The summed E-state index contributed by atoms with van der Waals surface area (Å²) in [6.07, 6.45) is 1.76. The molecule has 1 amide bonds. The third-order valence-corrected chi connectivity index (χ3v) is 7.26. The molecular weight excluding hydrogens is 510 g/mol. The Morgan fingerprint density at radius 2 is 1.74 bits per heavy atom. The van der Waals surface area contributed by atoms with Crippen molar-refractivity contribution in [2.75, 3.05) is 19.0 Å². The van der Waals surface area contributed by atoms with Gasteiger partial charge in [0.15, 0.2) is 5.11 Å². The Hall–Kier alpha value is -4.50. The van der Waals surface area contributed by atoms with Gasteiger partial charge in [-0.1, -0.05) is 24.3 Å². The fourth-order valence-electron chi connectivity index (χ4n) is 5.14. The monoisotopic (exact) mass is 539 g/mol. The molecule has 0 spiro atoms.